The third kappa shape index (κ3) is 8.50. The molecule has 9 rings (SSSR count). The standard InChI is InChI=1S/C43H50FN9O7/c44-33-24-45-41(48-39(33)30-2-1-3-32(22-30)52-20-21-59-42(52)57)46-31-12-18-51(19-13-31)38(55)26-50-14-8-27(9-15-50)25-49-16-10-28(11-17-49)29-4-5-34-36(23-29)60-43(58)53(34)35-6-7-37(54)47-40(35)56/h1-5,22-24,27-28,31,35H,6-21,25-26H2,(H,45,46,48)(H,47,54,56). The summed E-state index contributed by atoms with van der Waals surface area (Å²) in [5.41, 5.74) is 3.47. The van der Waals surface area contributed by atoms with Crippen LogP contribution in [-0.4, -0.2) is 125 Å². The van der Waals surface area contributed by atoms with Gasteiger partial charge in [0, 0.05) is 43.3 Å². The Hall–Kier alpha value is -5.68. The van der Waals surface area contributed by atoms with Crippen molar-refractivity contribution in [2.45, 2.75) is 69.4 Å². The molecule has 0 spiro atoms. The summed E-state index contributed by atoms with van der Waals surface area (Å²) in [7, 11) is 0. The SMILES string of the molecule is O=C1CCC(n2c(=O)oc3cc(C4CCN(CC5CCN(CC(=O)N6CCC(Nc7ncc(F)c(-c8cccc(N9CCOC9=O)c8)n7)CC6)CC5)CC4)ccc32)C(=O)N1. The molecule has 60 heavy (non-hydrogen) atoms. The summed E-state index contributed by atoms with van der Waals surface area (Å²) in [4.78, 5) is 79.2. The number of fused-ring (bicyclic) bond motifs is 1. The fourth-order valence-corrected chi connectivity index (χ4v) is 9.51. The van der Waals surface area contributed by atoms with Crippen LogP contribution in [0.2, 0.25) is 0 Å². The lowest BCUT2D eigenvalue weighted by molar-refractivity contribution is -0.136. The van der Waals surface area contributed by atoms with E-state index in [0.717, 1.165) is 83.0 Å². The van der Waals surface area contributed by atoms with E-state index in [1.54, 1.807) is 24.3 Å². The second kappa shape index (κ2) is 17.1. The maximum Gasteiger partial charge on any atom is 0.420 e. The summed E-state index contributed by atoms with van der Waals surface area (Å²) < 4.78 is 26.9. The number of oxazole rings is 1. The van der Waals surface area contributed by atoms with Gasteiger partial charge in [-0.15, -0.1) is 0 Å². The van der Waals surface area contributed by atoms with E-state index in [2.05, 4.69) is 30.4 Å². The Morgan fingerprint density at radius 3 is 2.42 bits per heavy atom. The molecular weight excluding hydrogens is 774 g/mol. The summed E-state index contributed by atoms with van der Waals surface area (Å²) in [6.07, 6.45) is 6.80. The van der Waals surface area contributed by atoms with Crippen LogP contribution < -0.4 is 21.3 Å². The van der Waals surface area contributed by atoms with Crippen molar-refractivity contribution in [1.82, 2.24) is 34.6 Å². The van der Waals surface area contributed by atoms with E-state index in [0.29, 0.717) is 72.9 Å². The molecular formula is C43H50FN9O7. The molecule has 16 nitrogen and oxygen atoms in total. The number of ether oxygens (including phenoxy) is 1. The van der Waals surface area contributed by atoms with Crippen molar-refractivity contribution in [2.24, 2.45) is 5.92 Å². The van der Waals surface area contributed by atoms with Gasteiger partial charge in [0.2, 0.25) is 23.7 Å². The van der Waals surface area contributed by atoms with Crippen molar-refractivity contribution in [1.29, 1.82) is 0 Å². The molecule has 7 heterocycles. The molecule has 316 valence electrons. The Morgan fingerprint density at radius 2 is 1.67 bits per heavy atom. The zero-order chi connectivity index (χ0) is 41.3. The number of hydrogen-bond acceptors (Lipinski definition) is 12. The monoisotopic (exact) mass is 823 g/mol. The van der Waals surface area contributed by atoms with Gasteiger partial charge in [-0.2, -0.15) is 0 Å². The van der Waals surface area contributed by atoms with Crippen molar-refractivity contribution in [3.8, 4) is 11.3 Å². The van der Waals surface area contributed by atoms with Crippen molar-refractivity contribution < 1.29 is 32.7 Å². The molecule has 2 aromatic carbocycles. The van der Waals surface area contributed by atoms with Crippen molar-refractivity contribution in [3.05, 3.63) is 70.6 Å². The van der Waals surface area contributed by atoms with Gasteiger partial charge in [0.1, 0.15) is 18.3 Å². The summed E-state index contributed by atoms with van der Waals surface area (Å²) in [6, 6.07) is 12.1. The second-order valence-electron chi connectivity index (χ2n) is 16.7. The fourth-order valence-electron chi connectivity index (χ4n) is 9.51. The molecule has 5 aliphatic rings. The van der Waals surface area contributed by atoms with E-state index >= 15 is 0 Å². The predicted octanol–water partition coefficient (Wildman–Crippen LogP) is 4.12. The summed E-state index contributed by atoms with van der Waals surface area (Å²) in [5, 5.41) is 5.67. The predicted molar refractivity (Wildman–Crippen MR) is 219 cm³/mol. The van der Waals surface area contributed by atoms with E-state index in [-0.39, 0.29) is 36.4 Å². The zero-order valence-corrected chi connectivity index (χ0v) is 33.5. The number of piperidine rings is 4. The van der Waals surface area contributed by atoms with Crippen LogP contribution in [0, 0.1) is 11.7 Å². The number of anilines is 2. The van der Waals surface area contributed by atoms with Crippen LogP contribution in [0.4, 0.5) is 20.8 Å². The third-order valence-electron chi connectivity index (χ3n) is 12.9. The molecule has 17 heteroatoms. The number of imide groups is 1. The van der Waals surface area contributed by atoms with Gasteiger partial charge < -0.3 is 24.3 Å². The zero-order valence-electron chi connectivity index (χ0n) is 33.5. The molecule has 1 atom stereocenters. The average Bonchev–Trinajstić information content (AvgIpc) is 3.84. The highest BCUT2D eigenvalue weighted by molar-refractivity contribution is 6.00. The summed E-state index contributed by atoms with van der Waals surface area (Å²) in [5.74, 6) is -0.514. The minimum absolute atomic E-state index is 0.0461. The molecule has 0 bridgehead atoms. The number of benzene rings is 2. The third-order valence-corrected chi connectivity index (χ3v) is 12.9. The van der Waals surface area contributed by atoms with E-state index < -0.39 is 29.6 Å². The number of amides is 4. The van der Waals surface area contributed by atoms with Gasteiger partial charge in [0.05, 0.1) is 24.8 Å². The highest BCUT2D eigenvalue weighted by Crippen LogP contribution is 2.33. The first-order valence-corrected chi connectivity index (χ1v) is 21.2. The molecule has 1 unspecified atom stereocenters. The van der Waals surface area contributed by atoms with Crippen LogP contribution in [0.5, 0.6) is 0 Å². The number of likely N-dealkylation sites (tertiary alicyclic amines) is 3. The maximum absolute atomic E-state index is 14.9. The second-order valence-corrected chi connectivity index (χ2v) is 16.7. The lowest BCUT2D eigenvalue weighted by Gasteiger charge is -2.38. The number of hydrogen-bond donors (Lipinski definition) is 2. The highest BCUT2D eigenvalue weighted by Gasteiger charge is 2.33. The Morgan fingerprint density at radius 1 is 0.883 bits per heavy atom. The van der Waals surface area contributed by atoms with E-state index in [9.17, 15) is 28.4 Å². The summed E-state index contributed by atoms with van der Waals surface area (Å²) in [6.45, 7) is 7.28. The quantitative estimate of drug-likeness (QED) is 0.219. The molecule has 5 saturated heterocycles. The molecule has 4 aromatic rings. The molecule has 2 aromatic heterocycles. The maximum atomic E-state index is 14.9. The van der Waals surface area contributed by atoms with Gasteiger partial charge in [-0.3, -0.25) is 34.1 Å². The lowest BCUT2D eigenvalue weighted by atomic mass is 9.88. The molecule has 4 amide bonds. The topological polar surface area (TPSA) is 175 Å². The lowest BCUT2D eigenvalue weighted by Crippen LogP contribution is -2.48. The first-order valence-electron chi connectivity index (χ1n) is 21.2. The number of nitrogens with zero attached hydrogens (tertiary/aromatic N) is 7. The van der Waals surface area contributed by atoms with Crippen LogP contribution in [-0.2, 0) is 19.1 Å². The van der Waals surface area contributed by atoms with Gasteiger partial charge in [0.25, 0.3) is 0 Å². The number of carbonyl (C=O) groups is 4. The van der Waals surface area contributed by atoms with E-state index in [1.165, 1.54) is 9.47 Å². The van der Waals surface area contributed by atoms with E-state index in [1.807, 2.05) is 23.1 Å². The number of aromatic nitrogens is 3. The Labute approximate surface area is 346 Å². The number of cyclic esters (lactones) is 1. The number of halogens is 1. The number of carbonyl (C=O) groups excluding carboxylic acids is 4. The van der Waals surface area contributed by atoms with Crippen LogP contribution >= 0.6 is 0 Å². The smallest absolute Gasteiger partial charge is 0.420 e. The van der Waals surface area contributed by atoms with Gasteiger partial charge in [-0.25, -0.2) is 23.9 Å². The van der Waals surface area contributed by atoms with Crippen molar-refractivity contribution in [2.75, 3.05) is 75.7 Å². The Balaban J connectivity index is 0.697. The van der Waals surface area contributed by atoms with Gasteiger partial charge in [-0.1, -0.05) is 18.2 Å². The van der Waals surface area contributed by atoms with Crippen molar-refractivity contribution >= 4 is 46.6 Å². The first kappa shape index (κ1) is 39.8. The first-order chi connectivity index (χ1) is 29.1. The van der Waals surface area contributed by atoms with E-state index in [4.69, 9.17) is 9.15 Å². The fraction of sp³-hybridized carbons (Fsp3) is 0.512. The van der Waals surface area contributed by atoms with Crippen LogP contribution in [0.15, 0.2) is 57.9 Å². The van der Waals surface area contributed by atoms with Crippen LogP contribution in [0.25, 0.3) is 22.4 Å². The highest BCUT2D eigenvalue weighted by atomic mass is 19.1. The van der Waals surface area contributed by atoms with Crippen LogP contribution in [0.3, 0.4) is 0 Å². The summed E-state index contributed by atoms with van der Waals surface area (Å²) >= 11 is 0. The normalized spacial score (nSPS) is 21.8. The Kier molecular flexibility index (Phi) is 11.3. The molecule has 5 fully saturated rings. The minimum Gasteiger partial charge on any atom is -0.447 e. The molecule has 0 radical (unpaired) electrons. The molecule has 2 N–H and O–H groups in total. The molecule has 0 saturated carbocycles. The number of rotatable bonds is 10. The average molecular weight is 824 g/mol. The Bertz CT molecular complexity index is 2330. The minimum atomic E-state index is -0.754. The van der Waals surface area contributed by atoms with Gasteiger partial charge >= 0.3 is 11.8 Å². The largest absolute Gasteiger partial charge is 0.447 e. The van der Waals surface area contributed by atoms with Gasteiger partial charge in [-0.05, 0) is 113 Å². The van der Waals surface area contributed by atoms with Crippen LogP contribution in [0.1, 0.15) is 68.9 Å². The van der Waals surface area contributed by atoms with Gasteiger partial charge in [0.15, 0.2) is 11.4 Å². The molecule has 0 aliphatic carbocycles. The molecule has 5 aliphatic heterocycles. The van der Waals surface area contributed by atoms with Crippen molar-refractivity contribution in [3.63, 3.8) is 0 Å². The number of nitrogens with one attached hydrogen (secondary N) is 2.